The SMILES string of the molecule is COc1nc(N)nc(Nc2ccccc2)c1N=Cc1ccc([N+](=O)[O-])cc1.CS(C)=O. The molecule has 31 heavy (non-hydrogen) atoms. The van der Waals surface area contributed by atoms with Crippen LogP contribution in [0.3, 0.4) is 0 Å². The summed E-state index contributed by atoms with van der Waals surface area (Å²) in [5.74, 6) is 0.627. The number of aliphatic imine (C=N–C) groups is 1. The minimum Gasteiger partial charge on any atom is -0.479 e. The molecule has 11 heteroatoms. The number of para-hydroxylation sites is 1. The number of nitrogen functional groups attached to an aromatic ring is 1. The second kappa shape index (κ2) is 11.4. The number of hydrogen-bond acceptors (Lipinski definition) is 9. The van der Waals surface area contributed by atoms with E-state index in [0.29, 0.717) is 17.1 Å². The lowest BCUT2D eigenvalue weighted by Crippen LogP contribution is -2.03. The Morgan fingerprint density at radius 2 is 1.74 bits per heavy atom. The van der Waals surface area contributed by atoms with Crippen molar-refractivity contribution in [1.82, 2.24) is 9.97 Å². The Hall–Kier alpha value is -3.86. The van der Waals surface area contributed by atoms with Gasteiger partial charge in [0.25, 0.3) is 5.69 Å². The number of anilines is 3. The standard InChI is InChI=1S/C18H16N6O3.C2H6OS/c1-27-17-15(20-11-12-7-9-14(10-8-12)24(25)26)16(22-18(19)23-17)21-13-5-3-2-4-6-13;1-4(2)3/h2-11H,1H3,(H3,19,21,22,23);1-2H3. The predicted molar refractivity (Wildman–Crippen MR) is 123 cm³/mol. The molecule has 0 spiro atoms. The first kappa shape index (κ1) is 23.4. The monoisotopic (exact) mass is 442 g/mol. The summed E-state index contributed by atoms with van der Waals surface area (Å²) in [5, 5.41) is 13.9. The van der Waals surface area contributed by atoms with Gasteiger partial charge < -0.3 is 15.8 Å². The highest BCUT2D eigenvalue weighted by molar-refractivity contribution is 7.83. The molecule has 3 aromatic rings. The van der Waals surface area contributed by atoms with E-state index in [-0.39, 0.29) is 17.5 Å². The summed E-state index contributed by atoms with van der Waals surface area (Å²) in [6.07, 6.45) is 4.82. The average Bonchev–Trinajstić information content (AvgIpc) is 2.73. The van der Waals surface area contributed by atoms with Crippen molar-refractivity contribution >= 4 is 45.8 Å². The maximum atomic E-state index is 10.7. The van der Waals surface area contributed by atoms with Gasteiger partial charge in [-0.15, -0.1) is 0 Å². The van der Waals surface area contributed by atoms with Crippen LogP contribution in [-0.4, -0.2) is 44.9 Å². The van der Waals surface area contributed by atoms with E-state index in [1.54, 1.807) is 24.6 Å². The summed E-state index contributed by atoms with van der Waals surface area (Å²) in [4.78, 5) is 22.9. The van der Waals surface area contributed by atoms with Crippen LogP contribution in [0, 0.1) is 10.1 Å². The minimum atomic E-state index is -0.611. The molecule has 3 rings (SSSR count). The maximum Gasteiger partial charge on any atom is 0.269 e. The van der Waals surface area contributed by atoms with E-state index in [4.69, 9.17) is 10.5 Å². The van der Waals surface area contributed by atoms with Crippen LogP contribution in [0.4, 0.5) is 28.8 Å². The van der Waals surface area contributed by atoms with Gasteiger partial charge in [-0.25, -0.2) is 4.99 Å². The third-order valence-electron chi connectivity index (χ3n) is 3.55. The highest BCUT2D eigenvalue weighted by Gasteiger charge is 2.14. The molecule has 0 amide bonds. The van der Waals surface area contributed by atoms with Crippen LogP contribution >= 0.6 is 0 Å². The third-order valence-corrected chi connectivity index (χ3v) is 3.55. The highest BCUT2D eigenvalue weighted by atomic mass is 32.2. The van der Waals surface area contributed by atoms with Gasteiger partial charge in [-0.05, 0) is 29.8 Å². The topological polar surface area (TPSA) is 146 Å². The molecular formula is C20H22N6O4S. The fraction of sp³-hybridized carbons (Fsp3) is 0.150. The number of nitro benzene ring substituents is 1. The number of nitro groups is 1. The van der Waals surface area contributed by atoms with Crippen LogP contribution in [0.5, 0.6) is 5.88 Å². The second-order valence-corrected chi connectivity index (χ2v) is 7.61. The van der Waals surface area contributed by atoms with E-state index in [9.17, 15) is 14.3 Å². The molecule has 0 saturated heterocycles. The summed E-state index contributed by atoms with van der Waals surface area (Å²) >= 11 is 0. The Bertz CT molecular complexity index is 1070. The lowest BCUT2D eigenvalue weighted by molar-refractivity contribution is -0.384. The Morgan fingerprint density at radius 1 is 1.13 bits per heavy atom. The zero-order valence-corrected chi connectivity index (χ0v) is 18.0. The van der Waals surface area contributed by atoms with Crippen molar-refractivity contribution in [3.8, 4) is 5.88 Å². The summed E-state index contributed by atoms with van der Waals surface area (Å²) < 4.78 is 14.8. The van der Waals surface area contributed by atoms with Gasteiger partial charge in [0.1, 0.15) is 0 Å². The largest absolute Gasteiger partial charge is 0.479 e. The maximum absolute atomic E-state index is 10.7. The highest BCUT2D eigenvalue weighted by Crippen LogP contribution is 2.34. The third kappa shape index (κ3) is 7.48. The molecule has 1 aromatic heterocycles. The number of rotatable bonds is 6. The number of hydrogen-bond donors (Lipinski definition) is 2. The molecule has 0 aliphatic rings. The van der Waals surface area contributed by atoms with Crippen LogP contribution in [0.1, 0.15) is 5.56 Å². The number of aromatic nitrogens is 2. The predicted octanol–water partition coefficient (Wildman–Crippen LogP) is 3.46. The van der Waals surface area contributed by atoms with Gasteiger partial charge in [0.05, 0.1) is 12.0 Å². The van der Waals surface area contributed by atoms with Crippen molar-refractivity contribution < 1.29 is 13.9 Å². The summed E-state index contributed by atoms with van der Waals surface area (Å²) in [7, 11) is 0.846. The number of benzene rings is 2. The number of nitrogens with two attached hydrogens (primary N) is 1. The van der Waals surface area contributed by atoms with Crippen LogP contribution < -0.4 is 15.8 Å². The van der Waals surface area contributed by atoms with Crippen LogP contribution in [0.15, 0.2) is 59.6 Å². The molecule has 3 N–H and O–H groups in total. The molecule has 0 atom stereocenters. The molecule has 10 nitrogen and oxygen atoms in total. The van der Waals surface area contributed by atoms with Crippen molar-refractivity contribution in [2.45, 2.75) is 0 Å². The molecule has 0 aliphatic heterocycles. The molecular weight excluding hydrogens is 420 g/mol. The first-order valence-corrected chi connectivity index (χ1v) is 10.8. The molecule has 2 aromatic carbocycles. The van der Waals surface area contributed by atoms with Crippen LogP contribution in [0.25, 0.3) is 0 Å². The zero-order chi connectivity index (χ0) is 22.8. The average molecular weight is 443 g/mol. The van der Waals surface area contributed by atoms with Crippen LogP contribution in [-0.2, 0) is 10.8 Å². The van der Waals surface area contributed by atoms with Crippen molar-refractivity contribution in [2.24, 2.45) is 4.99 Å². The normalized spacial score (nSPS) is 10.5. The van der Waals surface area contributed by atoms with Gasteiger partial charge in [0.15, 0.2) is 11.5 Å². The van der Waals surface area contributed by atoms with Crippen molar-refractivity contribution in [3.63, 3.8) is 0 Å². The molecule has 0 unspecified atom stereocenters. The van der Waals surface area contributed by atoms with Gasteiger partial charge in [-0.3, -0.25) is 14.3 Å². The molecule has 0 aliphatic carbocycles. The molecule has 0 fully saturated rings. The number of nitrogens with zero attached hydrogens (tertiary/aromatic N) is 4. The Morgan fingerprint density at radius 3 is 2.29 bits per heavy atom. The number of ether oxygens (including phenoxy) is 1. The van der Waals surface area contributed by atoms with E-state index in [2.05, 4.69) is 20.3 Å². The van der Waals surface area contributed by atoms with E-state index in [0.717, 1.165) is 5.69 Å². The minimum absolute atomic E-state index is 0.00646. The first-order valence-electron chi connectivity index (χ1n) is 8.87. The van der Waals surface area contributed by atoms with E-state index >= 15 is 0 Å². The Balaban J connectivity index is 0.000000785. The second-order valence-electron chi connectivity index (χ2n) is 6.13. The quantitative estimate of drug-likeness (QED) is 0.335. The first-order chi connectivity index (χ1) is 14.8. The van der Waals surface area contributed by atoms with Crippen LogP contribution in [0.2, 0.25) is 0 Å². The van der Waals surface area contributed by atoms with Crippen molar-refractivity contribution in [3.05, 3.63) is 70.3 Å². The number of non-ortho nitro benzene ring substituents is 1. The Labute approximate surface area is 181 Å². The molecule has 0 bridgehead atoms. The van der Waals surface area contributed by atoms with E-state index in [1.807, 2.05) is 30.3 Å². The molecule has 1 heterocycles. The molecule has 0 radical (unpaired) electrons. The summed E-state index contributed by atoms with van der Waals surface area (Å²) in [6, 6.07) is 15.4. The lowest BCUT2D eigenvalue weighted by atomic mass is 10.2. The van der Waals surface area contributed by atoms with Gasteiger partial charge in [-0.2, -0.15) is 9.97 Å². The fourth-order valence-corrected chi connectivity index (χ4v) is 2.28. The zero-order valence-electron chi connectivity index (χ0n) is 17.2. The lowest BCUT2D eigenvalue weighted by Gasteiger charge is -2.11. The summed E-state index contributed by atoms with van der Waals surface area (Å²) in [6.45, 7) is 0. The van der Waals surface area contributed by atoms with Gasteiger partial charge in [-0.1, -0.05) is 18.2 Å². The molecule has 162 valence electrons. The number of nitrogens with one attached hydrogen (secondary N) is 1. The van der Waals surface area contributed by atoms with Crippen molar-refractivity contribution in [1.29, 1.82) is 0 Å². The molecule has 0 saturated carbocycles. The van der Waals surface area contributed by atoms with Gasteiger partial charge >= 0.3 is 0 Å². The fourth-order valence-electron chi connectivity index (χ4n) is 2.28. The smallest absolute Gasteiger partial charge is 0.269 e. The van der Waals surface area contributed by atoms with Gasteiger partial charge in [0.2, 0.25) is 11.8 Å². The van der Waals surface area contributed by atoms with Crippen molar-refractivity contribution in [2.75, 3.05) is 30.7 Å². The Kier molecular flexibility index (Phi) is 8.58. The van der Waals surface area contributed by atoms with E-state index in [1.165, 1.54) is 25.5 Å². The van der Waals surface area contributed by atoms with Gasteiger partial charge in [0, 0.05) is 47.3 Å². The summed E-state index contributed by atoms with van der Waals surface area (Å²) in [5.41, 5.74) is 7.58. The van der Waals surface area contributed by atoms with E-state index < -0.39 is 15.7 Å². The number of methoxy groups -OCH3 is 1.